The molecule has 1 aliphatic carbocycles. The smallest absolute Gasteiger partial charge is 0.328 e. The molecule has 3 atom stereocenters. The highest BCUT2D eigenvalue weighted by Crippen LogP contribution is 2.44. The summed E-state index contributed by atoms with van der Waals surface area (Å²) in [6.07, 6.45) is -1.41. The minimum Gasteiger partial charge on any atom is -0.478 e. The summed E-state index contributed by atoms with van der Waals surface area (Å²) in [7, 11) is -6.31. The zero-order valence-electron chi connectivity index (χ0n) is 28.9. The summed E-state index contributed by atoms with van der Waals surface area (Å²) < 4.78 is 15.0. The Labute approximate surface area is 287 Å². The van der Waals surface area contributed by atoms with Crippen molar-refractivity contribution in [3.05, 3.63) is 145 Å². The van der Waals surface area contributed by atoms with Gasteiger partial charge in [-0.15, -0.1) is 0 Å². The zero-order chi connectivity index (χ0) is 34.7. The summed E-state index contributed by atoms with van der Waals surface area (Å²) in [4.78, 5) is 12.2. The van der Waals surface area contributed by atoms with E-state index in [2.05, 4.69) is 96.7 Å². The molecular formula is C41H48O5Si2. The maximum Gasteiger partial charge on any atom is 0.328 e. The van der Waals surface area contributed by atoms with E-state index < -0.39 is 40.9 Å². The fourth-order valence-electron chi connectivity index (χ4n) is 7.41. The van der Waals surface area contributed by atoms with Gasteiger partial charge in [-0.1, -0.05) is 169 Å². The van der Waals surface area contributed by atoms with Crippen LogP contribution in [0.15, 0.2) is 145 Å². The van der Waals surface area contributed by atoms with Crippen LogP contribution in [-0.4, -0.2) is 51.1 Å². The molecule has 3 unspecified atom stereocenters. The van der Waals surface area contributed by atoms with Crippen molar-refractivity contribution in [3.63, 3.8) is 0 Å². The quantitative estimate of drug-likeness (QED) is 0.163. The van der Waals surface area contributed by atoms with E-state index in [0.29, 0.717) is 11.1 Å². The summed E-state index contributed by atoms with van der Waals surface area (Å²) >= 11 is 0. The Morgan fingerprint density at radius 3 is 1.31 bits per heavy atom. The Morgan fingerprint density at radius 1 is 0.667 bits per heavy atom. The highest BCUT2D eigenvalue weighted by Gasteiger charge is 2.57. The van der Waals surface area contributed by atoms with Gasteiger partial charge in [0.2, 0.25) is 0 Å². The van der Waals surface area contributed by atoms with Gasteiger partial charge in [0.1, 0.15) is 6.10 Å². The fraction of sp³-hybridized carbons (Fsp3) is 0.293. The van der Waals surface area contributed by atoms with Gasteiger partial charge >= 0.3 is 5.97 Å². The molecule has 0 amide bonds. The summed E-state index contributed by atoms with van der Waals surface area (Å²) in [5.74, 6) is -1.07. The van der Waals surface area contributed by atoms with Crippen LogP contribution in [0.25, 0.3) is 0 Å². The number of carboxylic acids is 1. The Balaban J connectivity index is 1.71. The molecule has 250 valence electrons. The van der Waals surface area contributed by atoms with Gasteiger partial charge in [-0.25, -0.2) is 4.79 Å². The van der Waals surface area contributed by atoms with Gasteiger partial charge in [0.05, 0.1) is 12.2 Å². The molecule has 0 aromatic heterocycles. The number of aliphatic carboxylic acids is 1. The van der Waals surface area contributed by atoms with Crippen molar-refractivity contribution in [1.82, 2.24) is 0 Å². The van der Waals surface area contributed by atoms with Crippen LogP contribution in [-0.2, 0) is 13.6 Å². The van der Waals surface area contributed by atoms with E-state index in [4.69, 9.17) is 8.85 Å². The average molecular weight is 677 g/mol. The topological polar surface area (TPSA) is 76.0 Å². The molecule has 1 aliphatic rings. The molecule has 4 aromatic carbocycles. The van der Waals surface area contributed by atoms with Gasteiger partial charge in [-0.3, -0.25) is 0 Å². The van der Waals surface area contributed by atoms with Crippen molar-refractivity contribution in [2.45, 2.75) is 76.4 Å². The van der Waals surface area contributed by atoms with E-state index in [1.54, 1.807) is 0 Å². The van der Waals surface area contributed by atoms with Crippen LogP contribution in [0.4, 0.5) is 0 Å². The molecule has 5 nitrogen and oxygen atoms in total. The Morgan fingerprint density at radius 2 is 1.00 bits per heavy atom. The second kappa shape index (κ2) is 13.9. The van der Waals surface area contributed by atoms with E-state index in [1.807, 2.05) is 72.8 Å². The van der Waals surface area contributed by atoms with Gasteiger partial charge in [0.25, 0.3) is 16.6 Å². The lowest BCUT2D eigenvalue weighted by Gasteiger charge is -2.51. The number of benzene rings is 4. The predicted octanol–water partition coefficient (Wildman–Crippen LogP) is 6.21. The van der Waals surface area contributed by atoms with Crippen molar-refractivity contribution in [3.8, 4) is 0 Å². The Hall–Kier alpha value is -3.86. The van der Waals surface area contributed by atoms with Crippen LogP contribution in [0.5, 0.6) is 0 Å². The summed E-state index contributed by atoms with van der Waals surface area (Å²) in [5.41, 5.74) is 0.985. The van der Waals surface area contributed by atoms with Gasteiger partial charge < -0.3 is 19.1 Å². The molecule has 0 heterocycles. The molecule has 1 saturated carbocycles. The van der Waals surface area contributed by atoms with Gasteiger partial charge in [0.15, 0.2) is 0 Å². The minimum absolute atomic E-state index is 0.192. The van der Waals surface area contributed by atoms with Gasteiger partial charge in [-0.05, 0) is 42.0 Å². The first-order chi connectivity index (χ1) is 22.7. The number of carbonyl (C=O) groups is 1. The normalized spacial score (nSPS) is 20.1. The first-order valence-electron chi connectivity index (χ1n) is 16.6. The third-order valence-electron chi connectivity index (χ3n) is 9.63. The van der Waals surface area contributed by atoms with Crippen LogP contribution in [0.3, 0.4) is 0 Å². The largest absolute Gasteiger partial charge is 0.478 e. The minimum atomic E-state index is -3.18. The maximum atomic E-state index is 12.6. The SMILES string of the molecule is C=C1C(=CC(=O)O)CC(O[Si](c2ccccc2)(c2ccccc2)C(C)(C)C)C(O)C1O[Si](c1ccccc1)(c1ccccc1)C(C)(C)C. The van der Waals surface area contributed by atoms with Crippen molar-refractivity contribution in [2.75, 3.05) is 0 Å². The molecule has 0 aliphatic heterocycles. The molecule has 1 fully saturated rings. The summed E-state index contributed by atoms with van der Waals surface area (Å²) in [6, 6.07) is 41.0. The second-order valence-electron chi connectivity index (χ2n) is 14.7. The Kier molecular flexibility index (Phi) is 10.3. The monoisotopic (exact) mass is 676 g/mol. The first kappa shape index (κ1) is 35.5. The molecular weight excluding hydrogens is 629 g/mol. The van der Waals surface area contributed by atoms with Crippen LogP contribution in [0.2, 0.25) is 10.1 Å². The number of carboxylic acid groups (broad SMARTS) is 1. The number of rotatable bonds is 9. The molecule has 7 heteroatoms. The van der Waals surface area contributed by atoms with E-state index in [1.165, 1.54) is 6.08 Å². The number of hydrogen-bond acceptors (Lipinski definition) is 4. The first-order valence-corrected chi connectivity index (χ1v) is 20.4. The third-order valence-corrected chi connectivity index (χ3v) is 19.7. The number of aliphatic hydroxyl groups is 1. The number of hydrogen-bond donors (Lipinski definition) is 2. The fourth-order valence-corrected chi connectivity index (χ4v) is 16.8. The van der Waals surface area contributed by atoms with Crippen molar-refractivity contribution >= 4 is 43.4 Å². The zero-order valence-corrected chi connectivity index (χ0v) is 30.9. The molecule has 5 rings (SSSR count). The van der Waals surface area contributed by atoms with E-state index in [0.717, 1.165) is 20.7 Å². The lowest BCUT2D eigenvalue weighted by atomic mass is 9.84. The van der Waals surface area contributed by atoms with Gasteiger partial charge in [0, 0.05) is 12.5 Å². The summed E-state index contributed by atoms with van der Waals surface area (Å²) in [6.45, 7) is 17.5. The van der Waals surface area contributed by atoms with Crippen LogP contribution >= 0.6 is 0 Å². The van der Waals surface area contributed by atoms with Crippen molar-refractivity contribution in [1.29, 1.82) is 0 Å². The van der Waals surface area contributed by atoms with E-state index in [9.17, 15) is 15.0 Å². The average Bonchev–Trinajstić information content (AvgIpc) is 3.06. The lowest BCUT2D eigenvalue weighted by Crippen LogP contribution is -2.71. The summed E-state index contributed by atoms with van der Waals surface area (Å²) in [5, 5.41) is 26.1. The van der Waals surface area contributed by atoms with Gasteiger partial charge in [-0.2, -0.15) is 0 Å². The second-order valence-corrected chi connectivity index (χ2v) is 23.3. The van der Waals surface area contributed by atoms with Crippen molar-refractivity contribution in [2.24, 2.45) is 0 Å². The van der Waals surface area contributed by atoms with Crippen LogP contribution in [0, 0.1) is 0 Å². The van der Waals surface area contributed by atoms with Crippen LogP contribution in [0.1, 0.15) is 48.0 Å². The van der Waals surface area contributed by atoms with Crippen LogP contribution < -0.4 is 20.7 Å². The lowest BCUT2D eigenvalue weighted by molar-refractivity contribution is -0.131. The molecule has 0 radical (unpaired) electrons. The predicted molar refractivity (Wildman–Crippen MR) is 200 cm³/mol. The maximum absolute atomic E-state index is 12.6. The highest BCUT2D eigenvalue weighted by molar-refractivity contribution is 7.00. The highest BCUT2D eigenvalue weighted by atomic mass is 28.4. The standard InChI is InChI=1S/C41H48O5Si2/c1-30-31(29-37(42)43)28-36(45-47(40(2,3)4,32-20-12-8-13-21-32)33-22-14-9-15-23-33)38(44)39(30)46-48(41(5,6)7,34-24-16-10-17-25-34)35-26-18-11-19-27-35/h8-27,29,36,38-39,44H,1,28H2,2-7H3,(H,42,43). The molecule has 0 saturated heterocycles. The van der Waals surface area contributed by atoms with E-state index >= 15 is 0 Å². The molecule has 2 N–H and O–H groups in total. The molecule has 0 bridgehead atoms. The Bertz CT molecular complexity index is 1650. The van der Waals surface area contributed by atoms with E-state index in [-0.39, 0.29) is 16.5 Å². The molecule has 4 aromatic rings. The molecule has 0 spiro atoms. The number of aliphatic hydroxyl groups excluding tert-OH is 1. The molecule has 48 heavy (non-hydrogen) atoms. The third kappa shape index (κ3) is 6.58. The van der Waals surface area contributed by atoms with Crippen molar-refractivity contribution < 1.29 is 23.9 Å².